The third kappa shape index (κ3) is 4.02. The summed E-state index contributed by atoms with van der Waals surface area (Å²) in [5, 5.41) is 1.10. The first kappa shape index (κ1) is 18.8. The van der Waals surface area contributed by atoms with Gasteiger partial charge in [-0.1, -0.05) is 60.7 Å². The summed E-state index contributed by atoms with van der Waals surface area (Å²) in [6, 6.07) is 26.7. The first-order valence-corrected chi connectivity index (χ1v) is 9.66. The minimum absolute atomic E-state index is 0.325. The van der Waals surface area contributed by atoms with Crippen molar-refractivity contribution < 1.29 is 9.53 Å². The van der Waals surface area contributed by atoms with Crippen LogP contribution in [0.5, 0.6) is 0 Å². The Kier molecular flexibility index (Phi) is 5.34. The van der Waals surface area contributed by atoms with E-state index in [0.717, 1.165) is 16.6 Å². The molecule has 146 valence electrons. The van der Waals surface area contributed by atoms with Crippen LogP contribution < -0.4 is 4.90 Å². The Bertz CT molecular complexity index is 1080. The number of ether oxygens (including phenoxy) is 1. The van der Waals surface area contributed by atoms with E-state index in [-0.39, 0.29) is 5.97 Å². The maximum Gasteiger partial charge on any atom is 0.340 e. The van der Waals surface area contributed by atoms with E-state index in [0.29, 0.717) is 18.7 Å². The van der Waals surface area contributed by atoms with Crippen molar-refractivity contribution in [3.8, 4) is 0 Å². The lowest BCUT2D eigenvalue weighted by Crippen LogP contribution is -2.24. The maximum atomic E-state index is 12.7. The normalized spacial score (nSPS) is 10.8. The molecule has 0 radical (unpaired) electrons. The number of aryl methyl sites for hydroxylation is 1. The SMILES string of the molecule is COC(=O)c1cc2c(ccn2C)cc1N(Cc1ccccc1)Cc1ccccc1. The van der Waals surface area contributed by atoms with Crippen molar-refractivity contribution in [1.29, 1.82) is 0 Å². The molecule has 0 aliphatic carbocycles. The second-order valence-corrected chi connectivity index (χ2v) is 7.17. The van der Waals surface area contributed by atoms with Gasteiger partial charge < -0.3 is 14.2 Å². The number of rotatable bonds is 6. The zero-order valence-corrected chi connectivity index (χ0v) is 16.7. The van der Waals surface area contributed by atoms with Crippen LogP contribution in [0.1, 0.15) is 21.5 Å². The molecule has 4 nitrogen and oxygen atoms in total. The number of nitrogens with zero attached hydrogens (tertiary/aromatic N) is 2. The van der Waals surface area contributed by atoms with E-state index in [9.17, 15) is 4.79 Å². The second kappa shape index (κ2) is 8.23. The number of benzene rings is 3. The first-order valence-electron chi connectivity index (χ1n) is 9.66. The van der Waals surface area contributed by atoms with Crippen molar-refractivity contribution >= 4 is 22.6 Å². The molecule has 0 saturated heterocycles. The smallest absolute Gasteiger partial charge is 0.340 e. The van der Waals surface area contributed by atoms with E-state index >= 15 is 0 Å². The quantitative estimate of drug-likeness (QED) is 0.430. The molecule has 0 aliphatic heterocycles. The number of anilines is 1. The summed E-state index contributed by atoms with van der Waals surface area (Å²) in [6.07, 6.45) is 2.01. The zero-order chi connectivity index (χ0) is 20.2. The average molecular weight is 384 g/mol. The highest BCUT2D eigenvalue weighted by Crippen LogP contribution is 2.31. The van der Waals surface area contributed by atoms with Crippen LogP contribution in [0.15, 0.2) is 85.1 Å². The number of methoxy groups -OCH3 is 1. The summed E-state index contributed by atoms with van der Waals surface area (Å²) in [7, 11) is 3.41. The number of aromatic nitrogens is 1. The number of hydrogen-bond donors (Lipinski definition) is 0. The van der Waals surface area contributed by atoms with Gasteiger partial charge in [0, 0.05) is 37.2 Å². The molecule has 0 atom stereocenters. The second-order valence-electron chi connectivity index (χ2n) is 7.17. The van der Waals surface area contributed by atoms with Gasteiger partial charge in [-0.25, -0.2) is 4.79 Å². The molecule has 4 aromatic rings. The Hall–Kier alpha value is -3.53. The summed E-state index contributed by atoms with van der Waals surface area (Å²) < 4.78 is 7.14. The molecule has 0 spiro atoms. The van der Waals surface area contributed by atoms with Crippen LogP contribution in [0.25, 0.3) is 10.9 Å². The molecule has 4 rings (SSSR count). The standard InChI is InChI=1S/C25H24N2O2/c1-26-14-13-21-15-24(22(16-23(21)26)25(28)29-2)27(17-19-9-5-3-6-10-19)18-20-11-7-4-8-12-20/h3-16H,17-18H2,1-2H3. The first-order chi connectivity index (χ1) is 14.2. The fraction of sp³-hybridized carbons (Fsp3) is 0.160. The Labute approximate surface area is 171 Å². The van der Waals surface area contributed by atoms with Crippen molar-refractivity contribution in [2.75, 3.05) is 12.0 Å². The summed E-state index contributed by atoms with van der Waals surface area (Å²) in [6.45, 7) is 1.39. The lowest BCUT2D eigenvalue weighted by molar-refractivity contribution is 0.0601. The molecule has 1 aromatic heterocycles. The third-order valence-electron chi connectivity index (χ3n) is 5.18. The van der Waals surface area contributed by atoms with Crippen molar-refractivity contribution in [2.24, 2.45) is 7.05 Å². The van der Waals surface area contributed by atoms with Gasteiger partial charge in [-0.2, -0.15) is 0 Å². The predicted octanol–water partition coefficient (Wildman–Crippen LogP) is 5.17. The molecular weight excluding hydrogens is 360 g/mol. The number of carbonyl (C=O) groups is 1. The van der Waals surface area contributed by atoms with Crippen LogP contribution >= 0.6 is 0 Å². The fourth-order valence-corrected chi connectivity index (χ4v) is 3.67. The Morgan fingerprint density at radius 1 is 0.897 bits per heavy atom. The molecule has 0 amide bonds. The maximum absolute atomic E-state index is 12.7. The third-order valence-corrected chi connectivity index (χ3v) is 5.18. The highest BCUT2D eigenvalue weighted by Gasteiger charge is 2.20. The number of fused-ring (bicyclic) bond motifs is 1. The molecule has 3 aromatic carbocycles. The molecule has 0 unspecified atom stereocenters. The van der Waals surface area contributed by atoms with Crippen LogP contribution in [0.2, 0.25) is 0 Å². The molecule has 4 heteroatoms. The van der Waals surface area contributed by atoms with E-state index in [1.807, 2.05) is 60.3 Å². The lowest BCUT2D eigenvalue weighted by atomic mass is 10.1. The molecular formula is C25H24N2O2. The van der Waals surface area contributed by atoms with Gasteiger partial charge in [-0.15, -0.1) is 0 Å². The average Bonchev–Trinajstić information content (AvgIpc) is 3.13. The summed E-state index contributed by atoms with van der Waals surface area (Å²) in [5.41, 5.74) is 4.84. The monoisotopic (exact) mass is 384 g/mol. The van der Waals surface area contributed by atoms with Gasteiger partial charge in [-0.05, 0) is 29.3 Å². The Morgan fingerprint density at radius 3 is 2.03 bits per heavy atom. The van der Waals surface area contributed by atoms with E-state index in [2.05, 4.69) is 41.3 Å². The van der Waals surface area contributed by atoms with E-state index < -0.39 is 0 Å². The predicted molar refractivity (Wildman–Crippen MR) is 117 cm³/mol. The Balaban J connectivity index is 1.83. The van der Waals surface area contributed by atoms with Crippen LogP contribution in [0.4, 0.5) is 5.69 Å². The van der Waals surface area contributed by atoms with Gasteiger partial charge >= 0.3 is 5.97 Å². The number of hydrogen-bond acceptors (Lipinski definition) is 3. The summed E-state index contributed by atoms with van der Waals surface area (Å²) >= 11 is 0. The highest BCUT2D eigenvalue weighted by molar-refractivity contribution is 6.01. The summed E-state index contributed by atoms with van der Waals surface area (Å²) in [4.78, 5) is 14.9. The fourth-order valence-electron chi connectivity index (χ4n) is 3.67. The Morgan fingerprint density at radius 2 is 1.48 bits per heavy atom. The molecule has 0 fully saturated rings. The van der Waals surface area contributed by atoms with Gasteiger partial charge in [0.1, 0.15) is 0 Å². The molecule has 0 aliphatic rings. The van der Waals surface area contributed by atoms with Gasteiger partial charge in [0.2, 0.25) is 0 Å². The van der Waals surface area contributed by atoms with Crippen molar-refractivity contribution in [3.63, 3.8) is 0 Å². The van der Waals surface area contributed by atoms with Crippen molar-refractivity contribution in [1.82, 2.24) is 4.57 Å². The number of carbonyl (C=O) groups excluding carboxylic acids is 1. The van der Waals surface area contributed by atoms with Crippen LogP contribution in [-0.4, -0.2) is 17.6 Å². The van der Waals surface area contributed by atoms with Crippen LogP contribution in [-0.2, 0) is 24.9 Å². The molecule has 0 N–H and O–H groups in total. The molecule has 0 bridgehead atoms. The number of esters is 1. The minimum Gasteiger partial charge on any atom is -0.465 e. The van der Waals surface area contributed by atoms with Gasteiger partial charge in [0.05, 0.1) is 18.4 Å². The van der Waals surface area contributed by atoms with E-state index in [1.165, 1.54) is 18.2 Å². The van der Waals surface area contributed by atoms with Crippen molar-refractivity contribution in [3.05, 3.63) is 102 Å². The van der Waals surface area contributed by atoms with Gasteiger partial charge in [0.25, 0.3) is 0 Å². The van der Waals surface area contributed by atoms with Gasteiger partial charge in [0.15, 0.2) is 0 Å². The topological polar surface area (TPSA) is 34.5 Å². The van der Waals surface area contributed by atoms with Crippen LogP contribution in [0, 0.1) is 0 Å². The largest absolute Gasteiger partial charge is 0.465 e. The zero-order valence-electron chi connectivity index (χ0n) is 16.7. The van der Waals surface area contributed by atoms with Gasteiger partial charge in [-0.3, -0.25) is 0 Å². The highest BCUT2D eigenvalue weighted by atomic mass is 16.5. The molecule has 29 heavy (non-hydrogen) atoms. The van der Waals surface area contributed by atoms with Crippen molar-refractivity contribution in [2.45, 2.75) is 13.1 Å². The molecule has 0 saturated carbocycles. The molecule has 1 heterocycles. The summed E-state index contributed by atoms with van der Waals surface area (Å²) in [5.74, 6) is -0.325. The van der Waals surface area contributed by atoms with E-state index in [1.54, 1.807) is 0 Å². The lowest BCUT2D eigenvalue weighted by Gasteiger charge is -2.27. The van der Waals surface area contributed by atoms with Crippen LogP contribution in [0.3, 0.4) is 0 Å². The van der Waals surface area contributed by atoms with E-state index in [4.69, 9.17) is 4.74 Å². The minimum atomic E-state index is -0.325.